The van der Waals surface area contributed by atoms with Gasteiger partial charge < -0.3 is 89.9 Å². The van der Waals surface area contributed by atoms with Gasteiger partial charge >= 0.3 is 0 Å². The molecule has 3 aliphatic rings. The Labute approximate surface area is 643 Å². The van der Waals surface area contributed by atoms with E-state index >= 15 is 0 Å². The van der Waals surface area contributed by atoms with Gasteiger partial charge in [0.15, 0.2) is 18.9 Å². The van der Waals surface area contributed by atoms with Crippen molar-refractivity contribution >= 4 is 5.91 Å². The maximum absolute atomic E-state index is 13.5. The topological polar surface area (TPSA) is 307 Å². The van der Waals surface area contributed by atoms with Gasteiger partial charge in [0.1, 0.15) is 73.2 Å². The van der Waals surface area contributed by atoms with Gasteiger partial charge in [0.2, 0.25) is 5.91 Å². The molecule has 3 saturated heterocycles. The zero-order valence-corrected chi connectivity index (χ0v) is 66.7. The molecule has 0 saturated carbocycles. The Hall–Kier alpha value is -2.51. The van der Waals surface area contributed by atoms with E-state index in [2.05, 4.69) is 79.9 Å². The van der Waals surface area contributed by atoms with Gasteiger partial charge in [-0.25, -0.2) is 0 Å². The van der Waals surface area contributed by atoms with E-state index in [9.17, 15) is 61.0 Å². The number of ether oxygens (including phenoxy) is 6. The first-order valence-corrected chi connectivity index (χ1v) is 43.5. The van der Waals surface area contributed by atoms with Crippen molar-refractivity contribution in [1.29, 1.82) is 0 Å². The molecule has 19 nitrogen and oxygen atoms in total. The molecule has 106 heavy (non-hydrogen) atoms. The second kappa shape index (κ2) is 67.0. The van der Waals surface area contributed by atoms with Crippen LogP contribution in [-0.2, 0) is 33.2 Å². The van der Waals surface area contributed by atoms with Crippen LogP contribution >= 0.6 is 0 Å². The van der Waals surface area contributed by atoms with Crippen molar-refractivity contribution in [3.8, 4) is 0 Å². The van der Waals surface area contributed by atoms with Crippen molar-refractivity contribution in [3.05, 3.63) is 60.8 Å². The number of hydrogen-bond acceptors (Lipinski definition) is 18. The molecule has 0 bridgehead atoms. The molecule has 12 N–H and O–H groups in total. The lowest BCUT2D eigenvalue weighted by Gasteiger charge is -2.48. The first-order chi connectivity index (χ1) is 51.8. The van der Waals surface area contributed by atoms with Crippen LogP contribution in [0.5, 0.6) is 0 Å². The zero-order chi connectivity index (χ0) is 76.7. The summed E-state index contributed by atoms with van der Waals surface area (Å²) < 4.78 is 34.6. The standard InChI is InChI=1S/C87H159NO18/c1-3-5-7-9-11-13-15-17-19-21-23-25-27-29-31-32-33-34-35-36-37-38-39-41-43-45-47-49-51-53-55-57-59-61-63-65-75(93)88-70(71(92)64-62-60-58-56-54-52-50-48-46-44-42-40-30-28-26-24-22-20-18-16-14-12-10-8-6-4-2)69-101-85-81(99)78(96)83(73(67-90)103-85)106-87-82(100)79(97)84(74(68-91)104-87)105-86-80(98)77(95)76(94)72(66-89)102-86/h5,7,11,13,17,19,23,25,29,31,70-74,76-87,89-92,94-100H,3-4,6,8-10,12,14-16,18,20-22,24,26-28,30,32-69H2,1-2H3,(H,88,93)/b7-5-,13-11-,19-17-,25-23-,31-29-. The average Bonchev–Trinajstić information content (AvgIpc) is 0.779. The lowest BCUT2D eigenvalue weighted by molar-refractivity contribution is -0.379. The number of rotatable bonds is 70. The van der Waals surface area contributed by atoms with Crippen LogP contribution in [0.3, 0.4) is 0 Å². The highest BCUT2D eigenvalue weighted by Crippen LogP contribution is 2.34. The molecule has 1 amide bonds. The van der Waals surface area contributed by atoms with Gasteiger partial charge in [-0.15, -0.1) is 0 Å². The van der Waals surface area contributed by atoms with Gasteiger partial charge in [0.25, 0.3) is 0 Å². The molecule has 0 aromatic rings. The summed E-state index contributed by atoms with van der Waals surface area (Å²) >= 11 is 0. The van der Waals surface area contributed by atoms with E-state index in [0.29, 0.717) is 12.8 Å². The summed E-state index contributed by atoms with van der Waals surface area (Å²) in [5.41, 5.74) is 0. The predicted octanol–water partition coefficient (Wildman–Crippen LogP) is 15.8. The van der Waals surface area contributed by atoms with Crippen molar-refractivity contribution in [2.45, 2.75) is 458 Å². The molecule has 3 aliphatic heterocycles. The lowest BCUT2D eigenvalue weighted by atomic mass is 9.96. The number of carbonyl (C=O) groups excluding carboxylic acids is 1. The van der Waals surface area contributed by atoms with Crippen LogP contribution in [0.15, 0.2) is 60.8 Å². The van der Waals surface area contributed by atoms with Gasteiger partial charge in [-0.3, -0.25) is 4.79 Å². The van der Waals surface area contributed by atoms with Crippen molar-refractivity contribution in [3.63, 3.8) is 0 Å². The SMILES string of the molecule is CC/C=C\C/C=C\C/C=C\C/C=C\C/C=C\CCCCCCCCCCCCCCCCCCCCCC(=O)NC(COC1OC(CO)C(OC2OC(CO)C(OC3OC(CO)C(O)C(O)C3O)C(O)C2O)C(O)C1O)C(O)CCCCCCCCCCCCCCCCCCCCCCCCCCCC. The first kappa shape index (κ1) is 97.7. The van der Waals surface area contributed by atoms with Crippen LogP contribution in [0, 0.1) is 0 Å². The molecule has 3 rings (SSSR count). The smallest absolute Gasteiger partial charge is 0.220 e. The minimum atomic E-state index is -1.97. The quantitative estimate of drug-likeness (QED) is 0.0199. The van der Waals surface area contributed by atoms with Gasteiger partial charge in [0, 0.05) is 6.42 Å². The molecule has 0 aliphatic carbocycles. The van der Waals surface area contributed by atoms with Crippen LogP contribution in [0.2, 0.25) is 0 Å². The number of hydrogen-bond donors (Lipinski definition) is 12. The summed E-state index contributed by atoms with van der Waals surface area (Å²) in [4.78, 5) is 13.5. The Kier molecular flexibility index (Phi) is 61.8. The number of allylic oxidation sites excluding steroid dienone is 10. The van der Waals surface area contributed by atoms with E-state index in [4.69, 9.17) is 28.4 Å². The third-order valence-corrected chi connectivity index (χ3v) is 21.6. The Balaban J connectivity index is 1.33. The fraction of sp³-hybridized carbons (Fsp3) is 0.874. The summed E-state index contributed by atoms with van der Waals surface area (Å²) in [5.74, 6) is -0.237. The molecule has 19 heteroatoms. The Morgan fingerprint density at radius 2 is 0.651 bits per heavy atom. The van der Waals surface area contributed by atoms with E-state index in [1.54, 1.807) is 0 Å². The van der Waals surface area contributed by atoms with E-state index in [1.807, 2.05) is 0 Å². The van der Waals surface area contributed by atoms with Crippen molar-refractivity contribution in [2.24, 2.45) is 0 Å². The largest absolute Gasteiger partial charge is 0.394 e. The van der Waals surface area contributed by atoms with Crippen molar-refractivity contribution < 1.29 is 89.4 Å². The second-order valence-electron chi connectivity index (χ2n) is 31.0. The highest BCUT2D eigenvalue weighted by atomic mass is 16.8. The van der Waals surface area contributed by atoms with E-state index in [0.717, 1.165) is 77.0 Å². The fourth-order valence-corrected chi connectivity index (χ4v) is 14.7. The molecule has 3 heterocycles. The summed E-state index contributed by atoms with van der Waals surface area (Å²) in [6.45, 7) is 1.74. The van der Waals surface area contributed by atoms with Crippen LogP contribution in [0.4, 0.5) is 0 Å². The molecule has 0 spiro atoms. The minimum Gasteiger partial charge on any atom is -0.394 e. The Morgan fingerprint density at radius 1 is 0.349 bits per heavy atom. The number of nitrogens with one attached hydrogen (secondary N) is 1. The van der Waals surface area contributed by atoms with E-state index in [-0.39, 0.29) is 18.9 Å². The summed E-state index contributed by atoms with van der Waals surface area (Å²) in [6, 6.07) is -0.890. The number of carbonyl (C=O) groups is 1. The highest BCUT2D eigenvalue weighted by molar-refractivity contribution is 5.76. The maximum Gasteiger partial charge on any atom is 0.220 e. The molecule has 620 valence electrons. The van der Waals surface area contributed by atoms with Gasteiger partial charge in [-0.05, 0) is 57.8 Å². The molecule has 0 radical (unpaired) electrons. The number of aliphatic hydroxyl groups excluding tert-OH is 11. The predicted molar refractivity (Wildman–Crippen MR) is 425 cm³/mol. The summed E-state index contributed by atoms with van der Waals surface area (Å²) in [6.07, 6.45) is 60.3. The number of unbranched alkanes of at least 4 members (excludes halogenated alkanes) is 44. The first-order valence-electron chi connectivity index (χ1n) is 43.5. The van der Waals surface area contributed by atoms with E-state index < -0.39 is 124 Å². The van der Waals surface area contributed by atoms with Crippen LogP contribution < -0.4 is 5.32 Å². The number of aliphatic hydroxyl groups is 11. The molecule has 3 fully saturated rings. The lowest BCUT2D eigenvalue weighted by Crippen LogP contribution is -2.66. The molecule has 17 atom stereocenters. The third-order valence-electron chi connectivity index (χ3n) is 21.6. The summed E-state index contributed by atoms with van der Waals surface area (Å²) in [5, 5.41) is 121. The number of amides is 1. The highest BCUT2D eigenvalue weighted by Gasteiger charge is 2.54. The molecule has 0 aromatic heterocycles. The zero-order valence-electron chi connectivity index (χ0n) is 66.7. The molecule has 17 unspecified atom stereocenters. The third kappa shape index (κ3) is 45.9. The maximum atomic E-state index is 13.5. The van der Waals surface area contributed by atoms with Crippen LogP contribution in [0.25, 0.3) is 0 Å². The monoisotopic (exact) mass is 1510 g/mol. The minimum absolute atomic E-state index is 0.237. The van der Waals surface area contributed by atoms with Crippen LogP contribution in [-0.4, -0.2) is 193 Å². The van der Waals surface area contributed by atoms with Crippen molar-refractivity contribution in [2.75, 3.05) is 26.4 Å². The van der Waals surface area contributed by atoms with Gasteiger partial charge in [-0.1, -0.05) is 351 Å². The Bertz CT molecular complexity index is 2150. The molecular weight excluding hydrogens is 1350 g/mol. The van der Waals surface area contributed by atoms with Gasteiger partial charge in [-0.2, -0.15) is 0 Å². The Morgan fingerprint density at radius 3 is 1.02 bits per heavy atom. The van der Waals surface area contributed by atoms with Crippen molar-refractivity contribution in [1.82, 2.24) is 5.32 Å². The molecule has 0 aromatic carbocycles. The summed E-state index contributed by atoms with van der Waals surface area (Å²) in [7, 11) is 0. The van der Waals surface area contributed by atoms with E-state index in [1.165, 1.54) is 244 Å². The molecular formula is C87H159NO18. The van der Waals surface area contributed by atoms with Gasteiger partial charge in [0.05, 0.1) is 38.6 Å². The second-order valence-corrected chi connectivity index (χ2v) is 31.0. The average molecular weight is 1510 g/mol. The normalized spacial score (nSPS) is 25.9. The van der Waals surface area contributed by atoms with Crippen LogP contribution in [0.1, 0.15) is 354 Å². The fourth-order valence-electron chi connectivity index (χ4n) is 14.7.